The molecule has 0 radical (unpaired) electrons. The molecule has 4 saturated carbocycles. The summed E-state index contributed by atoms with van der Waals surface area (Å²) in [7, 11) is 2.84. The number of carbonyl (C=O) groups excluding carboxylic acids is 5. The molecular formula is C64H76F3N5O12. The topological polar surface area (TPSA) is 243 Å². The number of carbonyl (C=O) groups is 6. The summed E-state index contributed by atoms with van der Waals surface area (Å²) in [6, 6.07) is 27.8. The van der Waals surface area contributed by atoms with Gasteiger partial charge in [-0.25, -0.2) is 14.6 Å². The van der Waals surface area contributed by atoms with Crippen molar-refractivity contribution < 1.29 is 70.5 Å². The number of aldehydes is 1. The van der Waals surface area contributed by atoms with Crippen molar-refractivity contribution in [3.8, 4) is 28.6 Å². The summed E-state index contributed by atoms with van der Waals surface area (Å²) in [4.78, 5) is 77.6. The number of para-hydroxylation sites is 1. The Bertz CT molecular complexity index is 3010. The molecule has 20 heteroatoms. The number of methoxy groups -OCH3 is 2. The number of Topliss-reactive ketones (excluding diaryl/α,β-unsaturated/α-hetero) is 1. The lowest BCUT2D eigenvalue weighted by Crippen LogP contribution is -2.27. The van der Waals surface area contributed by atoms with Crippen LogP contribution in [0.3, 0.4) is 0 Å². The number of aromatic nitrogens is 4. The van der Waals surface area contributed by atoms with Gasteiger partial charge in [0.15, 0.2) is 5.69 Å². The first-order valence-electron chi connectivity index (χ1n) is 29.1. The van der Waals surface area contributed by atoms with E-state index in [2.05, 4.69) is 29.9 Å². The normalized spacial score (nSPS) is 22.2. The van der Waals surface area contributed by atoms with Crippen LogP contribution in [-0.4, -0.2) is 93.2 Å². The maximum absolute atomic E-state index is 13.5. The van der Waals surface area contributed by atoms with Gasteiger partial charge in [0.25, 0.3) is 5.91 Å². The Kier molecular flexibility index (Phi) is 24.2. The second-order valence-electron chi connectivity index (χ2n) is 22.0. The van der Waals surface area contributed by atoms with Crippen LogP contribution in [0.4, 0.5) is 13.2 Å². The molecule has 17 nitrogen and oxygen atoms in total. The predicted molar refractivity (Wildman–Crippen MR) is 304 cm³/mol. The number of nitrogens with zero attached hydrogens (tertiary/aromatic N) is 4. The van der Waals surface area contributed by atoms with Crippen LogP contribution in [0.25, 0.3) is 28.6 Å². The smallest absolute Gasteiger partial charge is 0.435 e. The third kappa shape index (κ3) is 18.4. The first kappa shape index (κ1) is 63.8. The molecule has 0 spiro atoms. The fraction of sp³-hybridized carbons (Fsp3) is 0.484. The highest BCUT2D eigenvalue weighted by Gasteiger charge is 2.40. The van der Waals surface area contributed by atoms with Crippen molar-refractivity contribution in [1.82, 2.24) is 25.1 Å². The minimum absolute atomic E-state index is 0.0335. The Balaban J connectivity index is 0.000000189. The molecule has 3 aromatic carbocycles. The number of halogens is 3. The largest absolute Gasteiger partial charge is 0.481 e. The molecule has 0 saturated heterocycles. The number of rotatable bonds is 16. The van der Waals surface area contributed by atoms with Crippen LogP contribution in [0.5, 0.6) is 0 Å². The van der Waals surface area contributed by atoms with Crippen LogP contribution < -0.4 is 5.32 Å². The summed E-state index contributed by atoms with van der Waals surface area (Å²) in [5.41, 5.74) is 0.503. The molecule has 4 fully saturated rings. The fourth-order valence-corrected chi connectivity index (χ4v) is 11.3. The third-order valence-electron chi connectivity index (χ3n) is 16.4. The molecule has 3 heterocycles. The van der Waals surface area contributed by atoms with E-state index < -0.39 is 29.3 Å². The first-order valence-corrected chi connectivity index (χ1v) is 29.1. The van der Waals surface area contributed by atoms with Crippen molar-refractivity contribution in [3.63, 3.8) is 0 Å². The van der Waals surface area contributed by atoms with Crippen LogP contribution in [0.2, 0.25) is 0 Å². The molecule has 4 aliphatic rings. The lowest BCUT2D eigenvalue weighted by molar-refractivity contribution is -0.147. The number of oxazole rings is 2. The SMILES string of the molecule is COC(=O)C1CCC(C=O)CC1.COC(=O)C1CCC(CO)CC1.O=C(NCCCC(=O)C1CCC(c2cnc(-c3ccccc3)o2)CC1)c1cn(-c2ccccc2)nc1C(F)(F)F.O=C(O)C1CCC(c2cnc(-c3ccccc3)o2)CC1. The number of benzene rings is 3. The zero-order valence-corrected chi connectivity index (χ0v) is 47.6. The lowest BCUT2D eigenvalue weighted by atomic mass is 9.78. The Morgan fingerprint density at radius 3 is 1.54 bits per heavy atom. The maximum atomic E-state index is 13.5. The average molecular weight is 1160 g/mol. The fourth-order valence-electron chi connectivity index (χ4n) is 11.3. The Hall–Kier alpha value is -7.74. The summed E-state index contributed by atoms with van der Waals surface area (Å²) in [6.45, 7) is 0.349. The highest BCUT2D eigenvalue weighted by molar-refractivity contribution is 5.95. The van der Waals surface area contributed by atoms with Gasteiger partial charge in [-0.1, -0.05) is 54.6 Å². The number of aliphatic carboxylic acids is 1. The van der Waals surface area contributed by atoms with Gasteiger partial charge in [-0.3, -0.25) is 24.0 Å². The average Bonchev–Trinajstić information content (AvgIpc) is 3.75. The Labute approximate surface area is 487 Å². The van der Waals surface area contributed by atoms with Gasteiger partial charge in [-0.05, 0) is 151 Å². The minimum atomic E-state index is -4.78. The van der Waals surface area contributed by atoms with E-state index in [1.807, 2.05) is 60.7 Å². The van der Waals surface area contributed by atoms with Gasteiger partial charge in [0.1, 0.15) is 23.6 Å². The molecule has 0 bridgehead atoms. The van der Waals surface area contributed by atoms with Gasteiger partial charge in [-0.15, -0.1) is 0 Å². The van der Waals surface area contributed by atoms with Crippen molar-refractivity contribution in [2.45, 2.75) is 134 Å². The first-order chi connectivity index (χ1) is 40.6. The molecule has 10 rings (SSSR count). The van der Waals surface area contributed by atoms with Crippen LogP contribution >= 0.6 is 0 Å². The third-order valence-corrected chi connectivity index (χ3v) is 16.4. The molecule has 0 unspecified atom stereocenters. The summed E-state index contributed by atoms with van der Waals surface area (Å²) in [5, 5.41) is 24.0. The van der Waals surface area contributed by atoms with Gasteiger partial charge in [0.2, 0.25) is 11.8 Å². The molecule has 6 aromatic rings. The van der Waals surface area contributed by atoms with Gasteiger partial charge in [0.05, 0.1) is 55.6 Å². The van der Waals surface area contributed by atoms with E-state index in [1.165, 1.54) is 14.2 Å². The van der Waals surface area contributed by atoms with E-state index in [-0.39, 0.29) is 72.8 Å². The summed E-state index contributed by atoms with van der Waals surface area (Å²) in [5.74, 6) is 2.25. The number of alkyl halides is 3. The van der Waals surface area contributed by atoms with Crippen molar-refractivity contribution in [3.05, 3.63) is 132 Å². The van der Waals surface area contributed by atoms with Crippen LogP contribution in [0, 0.1) is 35.5 Å². The molecule has 450 valence electrons. The number of amides is 1. The van der Waals surface area contributed by atoms with E-state index in [0.717, 1.165) is 143 Å². The molecule has 0 atom stereocenters. The van der Waals surface area contributed by atoms with E-state index in [4.69, 9.17) is 19.0 Å². The summed E-state index contributed by atoms with van der Waals surface area (Å²) < 4.78 is 62.8. The molecule has 0 aliphatic heterocycles. The van der Waals surface area contributed by atoms with Gasteiger partial charge in [-0.2, -0.15) is 18.3 Å². The van der Waals surface area contributed by atoms with Gasteiger partial charge in [0, 0.05) is 60.6 Å². The van der Waals surface area contributed by atoms with Crippen LogP contribution in [0.1, 0.15) is 155 Å². The molecule has 84 heavy (non-hydrogen) atoms. The van der Waals surface area contributed by atoms with E-state index >= 15 is 0 Å². The van der Waals surface area contributed by atoms with Crippen molar-refractivity contribution in [2.75, 3.05) is 27.4 Å². The van der Waals surface area contributed by atoms with E-state index in [1.54, 1.807) is 42.7 Å². The maximum Gasteiger partial charge on any atom is 0.435 e. The number of aliphatic hydroxyl groups excluding tert-OH is 1. The number of carboxylic acid groups (broad SMARTS) is 1. The zero-order chi connectivity index (χ0) is 60.0. The highest BCUT2D eigenvalue weighted by Crippen LogP contribution is 2.40. The number of ether oxygens (including phenoxy) is 2. The summed E-state index contributed by atoms with van der Waals surface area (Å²) >= 11 is 0. The number of carboxylic acids is 1. The molecule has 3 aromatic heterocycles. The van der Waals surface area contributed by atoms with Gasteiger partial charge >= 0.3 is 24.1 Å². The number of nitrogens with one attached hydrogen (secondary N) is 1. The van der Waals surface area contributed by atoms with Crippen LogP contribution in [0.15, 0.2) is 118 Å². The summed E-state index contributed by atoms with van der Waals surface area (Å²) in [6.07, 6.45) is 14.7. The predicted octanol–water partition coefficient (Wildman–Crippen LogP) is 12.4. The number of esters is 2. The van der Waals surface area contributed by atoms with E-state index in [9.17, 15) is 41.9 Å². The highest BCUT2D eigenvalue weighted by atomic mass is 19.4. The minimum Gasteiger partial charge on any atom is -0.481 e. The second kappa shape index (κ2) is 31.8. The monoisotopic (exact) mass is 1160 g/mol. The van der Waals surface area contributed by atoms with Crippen LogP contribution in [-0.2, 0) is 39.6 Å². The lowest BCUT2D eigenvalue weighted by Gasteiger charge is -2.26. The quantitative estimate of drug-likeness (QED) is 0.0463. The molecule has 4 aliphatic carbocycles. The number of ketones is 1. The van der Waals surface area contributed by atoms with Crippen molar-refractivity contribution >= 4 is 35.9 Å². The Morgan fingerprint density at radius 1 is 0.643 bits per heavy atom. The Morgan fingerprint density at radius 2 is 1.10 bits per heavy atom. The molecule has 1 amide bonds. The van der Waals surface area contributed by atoms with Crippen molar-refractivity contribution in [2.24, 2.45) is 35.5 Å². The second-order valence-corrected chi connectivity index (χ2v) is 22.0. The van der Waals surface area contributed by atoms with E-state index in [0.29, 0.717) is 35.7 Å². The molecule has 3 N–H and O–H groups in total. The number of hydrogen-bond donors (Lipinski definition) is 3. The number of aliphatic hydroxyl groups is 1. The van der Waals surface area contributed by atoms with Crippen molar-refractivity contribution in [1.29, 1.82) is 0 Å². The zero-order valence-electron chi connectivity index (χ0n) is 47.6. The standard InChI is InChI=1S/C30H29F3N4O3.C16H17NO3.C9H16O3.C9H14O3/c31-30(32,33)27-24(19-37(36-27)23-10-5-2-6-11-23)28(39)34-17-7-12-25(38)20-13-15-21(16-14-20)26-18-35-29(40-26)22-8-3-1-4-9-22;18-16(19)13-8-6-11(7-9-13)14-10-17-15(20-14)12-4-2-1-3-5-12;2*1-12-9(11)8-4-2-7(6-10)3-5-8/h1-6,8-11,18-21H,7,12-17H2,(H,34,39);1-5,10-11,13H,6-9H2,(H,18,19);7-8,10H,2-6H2,1H3;6-8H,2-5H2,1H3. The molecular weight excluding hydrogens is 1090 g/mol. The van der Waals surface area contributed by atoms with Gasteiger partial charge < -0.3 is 38.6 Å². The number of hydrogen-bond acceptors (Lipinski definition) is 14.